The van der Waals surface area contributed by atoms with E-state index in [4.69, 9.17) is 0 Å². The summed E-state index contributed by atoms with van der Waals surface area (Å²) in [5, 5.41) is 9.60. The standard InChI is InChI=1S/C14H9FN2O2/c15-9-3-1-2-8(4-9)12-6-13(19)11-5-10(18)7-16-14(11)17-12/h1-7,18H,(H,16,17,19). The molecule has 0 radical (unpaired) electrons. The van der Waals surface area contributed by atoms with Gasteiger partial charge in [-0.25, -0.2) is 9.37 Å². The van der Waals surface area contributed by atoms with Crippen molar-refractivity contribution in [3.05, 3.63) is 58.6 Å². The fourth-order valence-corrected chi connectivity index (χ4v) is 1.93. The van der Waals surface area contributed by atoms with E-state index in [1.54, 1.807) is 12.1 Å². The van der Waals surface area contributed by atoms with Crippen LogP contribution in [0.5, 0.6) is 5.75 Å². The summed E-state index contributed by atoms with van der Waals surface area (Å²) in [5.74, 6) is -0.450. The Morgan fingerprint density at radius 1 is 1.21 bits per heavy atom. The molecule has 5 heteroatoms. The first-order chi connectivity index (χ1) is 9.13. The van der Waals surface area contributed by atoms with E-state index >= 15 is 0 Å². The minimum atomic E-state index is -0.378. The van der Waals surface area contributed by atoms with E-state index in [1.165, 1.54) is 30.5 Å². The Kier molecular flexibility index (Phi) is 2.52. The minimum Gasteiger partial charge on any atom is -0.506 e. The molecule has 3 rings (SSSR count). The summed E-state index contributed by atoms with van der Waals surface area (Å²) in [4.78, 5) is 18.8. The van der Waals surface area contributed by atoms with E-state index in [0.29, 0.717) is 22.3 Å². The lowest BCUT2D eigenvalue weighted by Gasteiger charge is -2.04. The van der Waals surface area contributed by atoms with Crippen LogP contribution in [0.2, 0.25) is 0 Å². The van der Waals surface area contributed by atoms with Gasteiger partial charge in [0, 0.05) is 11.6 Å². The van der Waals surface area contributed by atoms with Crippen molar-refractivity contribution >= 4 is 11.0 Å². The Morgan fingerprint density at radius 3 is 2.84 bits per heavy atom. The van der Waals surface area contributed by atoms with Crippen LogP contribution in [0.25, 0.3) is 22.3 Å². The number of hydrogen-bond donors (Lipinski definition) is 2. The lowest BCUT2D eigenvalue weighted by Crippen LogP contribution is -2.04. The predicted molar refractivity (Wildman–Crippen MR) is 69.4 cm³/mol. The number of aromatic nitrogens is 2. The summed E-state index contributed by atoms with van der Waals surface area (Å²) in [5.41, 5.74) is 1.12. The predicted octanol–water partition coefficient (Wildman–Crippen LogP) is 2.43. The number of aromatic amines is 1. The Balaban J connectivity index is 2.27. The molecule has 2 N–H and O–H groups in total. The number of fused-ring (bicyclic) bond motifs is 1. The minimum absolute atomic E-state index is 0.0727. The first-order valence-corrected chi connectivity index (χ1v) is 5.61. The van der Waals surface area contributed by atoms with Gasteiger partial charge in [-0.2, -0.15) is 0 Å². The molecule has 4 nitrogen and oxygen atoms in total. The molecule has 0 aliphatic carbocycles. The average molecular weight is 256 g/mol. The largest absolute Gasteiger partial charge is 0.506 e. The third-order valence-corrected chi connectivity index (χ3v) is 2.80. The van der Waals surface area contributed by atoms with Gasteiger partial charge in [-0.15, -0.1) is 0 Å². The third-order valence-electron chi connectivity index (χ3n) is 2.80. The summed E-state index contributed by atoms with van der Waals surface area (Å²) in [7, 11) is 0. The van der Waals surface area contributed by atoms with Crippen LogP contribution in [-0.2, 0) is 0 Å². The van der Waals surface area contributed by atoms with Crippen LogP contribution >= 0.6 is 0 Å². The summed E-state index contributed by atoms with van der Waals surface area (Å²) in [6.07, 6.45) is 1.24. The van der Waals surface area contributed by atoms with E-state index in [1.807, 2.05) is 0 Å². The van der Waals surface area contributed by atoms with Gasteiger partial charge in [-0.1, -0.05) is 12.1 Å². The molecule has 0 saturated heterocycles. The molecule has 3 aromatic rings. The maximum Gasteiger partial charge on any atom is 0.191 e. The zero-order valence-electron chi connectivity index (χ0n) is 9.72. The van der Waals surface area contributed by atoms with Crippen LogP contribution in [0, 0.1) is 5.82 Å². The van der Waals surface area contributed by atoms with Gasteiger partial charge in [-0.3, -0.25) is 4.79 Å². The first-order valence-electron chi connectivity index (χ1n) is 5.61. The molecule has 19 heavy (non-hydrogen) atoms. The van der Waals surface area contributed by atoms with Gasteiger partial charge in [0.1, 0.15) is 17.2 Å². The smallest absolute Gasteiger partial charge is 0.191 e. The SMILES string of the molecule is O=c1cc(-c2cccc(F)c2)[nH]c2ncc(O)cc12. The summed E-state index contributed by atoms with van der Waals surface area (Å²) in [6.45, 7) is 0. The van der Waals surface area contributed by atoms with Crippen LogP contribution in [0.1, 0.15) is 0 Å². The molecule has 0 atom stereocenters. The van der Waals surface area contributed by atoms with Gasteiger partial charge in [0.25, 0.3) is 0 Å². The number of pyridine rings is 2. The molecule has 0 saturated carbocycles. The van der Waals surface area contributed by atoms with E-state index < -0.39 is 0 Å². The number of H-pyrrole nitrogens is 1. The molecule has 0 amide bonds. The van der Waals surface area contributed by atoms with Crippen molar-refractivity contribution in [3.63, 3.8) is 0 Å². The molecule has 0 unspecified atom stereocenters. The van der Waals surface area contributed by atoms with Crippen molar-refractivity contribution in [2.75, 3.05) is 0 Å². The topological polar surface area (TPSA) is 66.0 Å². The van der Waals surface area contributed by atoms with E-state index in [-0.39, 0.29) is 17.0 Å². The van der Waals surface area contributed by atoms with Crippen molar-refractivity contribution in [1.29, 1.82) is 0 Å². The van der Waals surface area contributed by atoms with E-state index in [2.05, 4.69) is 9.97 Å². The van der Waals surface area contributed by atoms with Gasteiger partial charge >= 0.3 is 0 Å². The normalized spacial score (nSPS) is 10.8. The summed E-state index contributed by atoms with van der Waals surface area (Å²) in [6, 6.07) is 8.63. The zero-order valence-corrected chi connectivity index (χ0v) is 9.72. The molecular weight excluding hydrogens is 247 g/mol. The number of nitrogens with zero attached hydrogens (tertiary/aromatic N) is 1. The molecule has 2 aromatic heterocycles. The fraction of sp³-hybridized carbons (Fsp3) is 0. The lowest BCUT2D eigenvalue weighted by atomic mass is 10.1. The second-order valence-corrected chi connectivity index (χ2v) is 4.15. The van der Waals surface area contributed by atoms with E-state index in [0.717, 1.165) is 0 Å². The molecule has 0 aliphatic rings. The molecular formula is C14H9FN2O2. The Morgan fingerprint density at radius 2 is 2.05 bits per heavy atom. The van der Waals surface area contributed by atoms with Crippen LogP contribution in [0.3, 0.4) is 0 Å². The maximum atomic E-state index is 13.2. The number of rotatable bonds is 1. The van der Waals surface area contributed by atoms with Gasteiger partial charge in [0.2, 0.25) is 0 Å². The van der Waals surface area contributed by atoms with Crippen molar-refractivity contribution in [2.24, 2.45) is 0 Å². The highest BCUT2D eigenvalue weighted by Gasteiger charge is 2.06. The Hall–Kier alpha value is -2.69. The first kappa shape index (κ1) is 11.4. The van der Waals surface area contributed by atoms with Crippen LogP contribution in [0.4, 0.5) is 4.39 Å². The lowest BCUT2D eigenvalue weighted by molar-refractivity contribution is 0.474. The van der Waals surface area contributed by atoms with Crippen LogP contribution < -0.4 is 5.43 Å². The van der Waals surface area contributed by atoms with E-state index in [9.17, 15) is 14.3 Å². The van der Waals surface area contributed by atoms with Crippen molar-refractivity contribution < 1.29 is 9.50 Å². The zero-order chi connectivity index (χ0) is 13.4. The summed E-state index contributed by atoms with van der Waals surface area (Å²) >= 11 is 0. The Bertz CT molecular complexity index is 827. The van der Waals surface area contributed by atoms with Gasteiger partial charge < -0.3 is 10.1 Å². The number of nitrogens with one attached hydrogen (secondary N) is 1. The van der Waals surface area contributed by atoms with Gasteiger partial charge in [0.15, 0.2) is 5.43 Å². The molecule has 0 aliphatic heterocycles. The number of halogens is 1. The highest BCUT2D eigenvalue weighted by Crippen LogP contribution is 2.19. The molecule has 0 spiro atoms. The van der Waals surface area contributed by atoms with Gasteiger partial charge in [-0.05, 0) is 18.2 Å². The number of aromatic hydroxyl groups is 1. The second-order valence-electron chi connectivity index (χ2n) is 4.15. The number of benzene rings is 1. The van der Waals surface area contributed by atoms with Crippen LogP contribution in [0.15, 0.2) is 47.4 Å². The number of hydrogen-bond acceptors (Lipinski definition) is 3. The molecule has 1 aromatic carbocycles. The van der Waals surface area contributed by atoms with Crippen molar-refractivity contribution in [2.45, 2.75) is 0 Å². The van der Waals surface area contributed by atoms with Gasteiger partial charge in [0.05, 0.1) is 17.3 Å². The van der Waals surface area contributed by atoms with Crippen LogP contribution in [-0.4, -0.2) is 15.1 Å². The monoisotopic (exact) mass is 256 g/mol. The maximum absolute atomic E-state index is 13.2. The quantitative estimate of drug-likeness (QED) is 0.702. The highest BCUT2D eigenvalue weighted by molar-refractivity contribution is 5.79. The van der Waals surface area contributed by atoms with Crippen molar-refractivity contribution in [3.8, 4) is 17.0 Å². The summed E-state index contributed by atoms with van der Waals surface area (Å²) < 4.78 is 13.2. The third kappa shape index (κ3) is 2.06. The second kappa shape index (κ2) is 4.20. The molecule has 0 bridgehead atoms. The van der Waals surface area contributed by atoms with Crippen molar-refractivity contribution in [1.82, 2.24) is 9.97 Å². The molecule has 2 heterocycles. The average Bonchev–Trinajstić information content (AvgIpc) is 2.39. The Labute approximate surface area is 107 Å². The highest BCUT2D eigenvalue weighted by atomic mass is 19.1. The molecule has 0 fully saturated rings. The fourth-order valence-electron chi connectivity index (χ4n) is 1.93. The molecule has 94 valence electrons.